The molecule has 150 valence electrons. The van der Waals surface area contributed by atoms with Crippen LogP contribution in [-0.2, 0) is 9.53 Å². The largest absolute Gasteiger partial charge is 0.496 e. The Labute approximate surface area is 164 Å². The minimum atomic E-state index is -0.692. The van der Waals surface area contributed by atoms with E-state index < -0.39 is 12.6 Å². The number of para-hydroxylation sites is 1. The third-order valence-electron chi connectivity index (χ3n) is 4.07. The van der Waals surface area contributed by atoms with Gasteiger partial charge in [0, 0.05) is 23.9 Å². The predicted molar refractivity (Wildman–Crippen MR) is 105 cm³/mol. The van der Waals surface area contributed by atoms with Crippen LogP contribution in [0.4, 0.5) is 5.69 Å². The standard InChI is InChI=1S/C21H25NO6/c1-14(2)22(15-9-7-6-8-10-15)20(23)13-28-21(24)16-11-18(26-4)19(27-5)12-17(16)25-3/h6-12,14H,13H2,1-5H3. The Bertz CT molecular complexity index is 819. The molecule has 7 nitrogen and oxygen atoms in total. The van der Waals surface area contributed by atoms with Crippen LogP contribution < -0.4 is 19.1 Å². The zero-order chi connectivity index (χ0) is 20.7. The molecule has 2 aromatic rings. The van der Waals surface area contributed by atoms with E-state index in [4.69, 9.17) is 18.9 Å². The van der Waals surface area contributed by atoms with E-state index >= 15 is 0 Å². The van der Waals surface area contributed by atoms with Crippen molar-refractivity contribution in [2.24, 2.45) is 0 Å². The maximum absolute atomic E-state index is 12.7. The lowest BCUT2D eigenvalue weighted by atomic mass is 10.1. The highest BCUT2D eigenvalue weighted by Gasteiger charge is 2.23. The summed E-state index contributed by atoms with van der Waals surface area (Å²) < 4.78 is 20.9. The molecule has 0 saturated heterocycles. The number of carbonyl (C=O) groups is 2. The van der Waals surface area contributed by atoms with E-state index in [9.17, 15) is 9.59 Å². The number of amides is 1. The molecule has 0 N–H and O–H groups in total. The molecule has 2 rings (SSSR count). The molecule has 1 amide bonds. The Balaban J connectivity index is 2.18. The van der Waals surface area contributed by atoms with Crippen LogP contribution in [0.15, 0.2) is 42.5 Å². The van der Waals surface area contributed by atoms with Crippen molar-refractivity contribution in [3.63, 3.8) is 0 Å². The van der Waals surface area contributed by atoms with E-state index in [2.05, 4.69) is 0 Å². The van der Waals surface area contributed by atoms with E-state index in [1.807, 2.05) is 44.2 Å². The third kappa shape index (κ3) is 4.73. The molecule has 7 heteroatoms. The molecule has 0 saturated carbocycles. The minimum absolute atomic E-state index is 0.0933. The second-order valence-electron chi connectivity index (χ2n) is 6.18. The highest BCUT2D eigenvalue weighted by molar-refractivity contribution is 5.98. The number of anilines is 1. The van der Waals surface area contributed by atoms with Crippen LogP contribution in [0, 0.1) is 0 Å². The molecule has 0 aliphatic heterocycles. The van der Waals surface area contributed by atoms with Crippen LogP contribution >= 0.6 is 0 Å². The molecule has 0 aromatic heterocycles. The van der Waals surface area contributed by atoms with Crippen LogP contribution in [0.3, 0.4) is 0 Å². The normalized spacial score (nSPS) is 10.4. The van der Waals surface area contributed by atoms with Crippen LogP contribution in [0.25, 0.3) is 0 Å². The van der Waals surface area contributed by atoms with Gasteiger partial charge in [0.2, 0.25) is 0 Å². The number of hydrogen-bond acceptors (Lipinski definition) is 6. The number of benzene rings is 2. The van der Waals surface area contributed by atoms with Crippen molar-refractivity contribution in [1.29, 1.82) is 0 Å². The summed E-state index contributed by atoms with van der Waals surface area (Å²) in [4.78, 5) is 26.8. The fraction of sp³-hybridized carbons (Fsp3) is 0.333. The number of ether oxygens (including phenoxy) is 4. The molecule has 0 heterocycles. The maximum Gasteiger partial charge on any atom is 0.342 e. The van der Waals surface area contributed by atoms with Gasteiger partial charge in [-0.25, -0.2) is 4.79 Å². The van der Waals surface area contributed by atoms with E-state index in [0.29, 0.717) is 11.5 Å². The average molecular weight is 387 g/mol. The molecule has 0 unspecified atom stereocenters. The van der Waals surface area contributed by atoms with Gasteiger partial charge >= 0.3 is 5.97 Å². The summed E-state index contributed by atoms with van der Waals surface area (Å²) in [6.45, 7) is 3.39. The van der Waals surface area contributed by atoms with Gasteiger partial charge in [0.1, 0.15) is 11.3 Å². The van der Waals surface area contributed by atoms with Crippen molar-refractivity contribution in [2.45, 2.75) is 19.9 Å². The quantitative estimate of drug-likeness (QED) is 0.647. The van der Waals surface area contributed by atoms with Gasteiger partial charge in [0.05, 0.1) is 21.3 Å². The van der Waals surface area contributed by atoms with Gasteiger partial charge in [-0.1, -0.05) is 18.2 Å². The van der Waals surface area contributed by atoms with Crippen molar-refractivity contribution in [2.75, 3.05) is 32.8 Å². The van der Waals surface area contributed by atoms with Crippen LogP contribution in [-0.4, -0.2) is 45.9 Å². The van der Waals surface area contributed by atoms with Crippen molar-refractivity contribution in [3.8, 4) is 17.2 Å². The number of nitrogens with zero attached hydrogens (tertiary/aromatic N) is 1. The molecule has 0 fully saturated rings. The summed E-state index contributed by atoms with van der Waals surface area (Å²) in [5.74, 6) is 0.0208. The highest BCUT2D eigenvalue weighted by Crippen LogP contribution is 2.35. The Kier molecular flexibility index (Phi) is 7.26. The van der Waals surface area contributed by atoms with E-state index in [1.165, 1.54) is 33.5 Å². The van der Waals surface area contributed by atoms with Crippen molar-refractivity contribution in [1.82, 2.24) is 0 Å². The smallest absolute Gasteiger partial charge is 0.342 e. The predicted octanol–water partition coefficient (Wildman–Crippen LogP) is 3.31. The first-order valence-electron chi connectivity index (χ1n) is 8.77. The molecular formula is C21H25NO6. The van der Waals surface area contributed by atoms with Crippen LogP contribution in [0.2, 0.25) is 0 Å². The summed E-state index contributed by atoms with van der Waals surface area (Å²) >= 11 is 0. The first kappa shape index (κ1) is 21.1. The molecule has 0 aliphatic rings. The molecule has 0 radical (unpaired) electrons. The van der Waals surface area contributed by atoms with Crippen molar-refractivity contribution >= 4 is 17.6 Å². The average Bonchev–Trinajstić information content (AvgIpc) is 2.71. The summed E-state index contributed by atoms with van der Waals surface area (Å²) in [6.07, 6.45) is 0. The molecule has 2 aromatic carbocycles. The lowest BCUT2D eigenvalue weighted by Gasteiger charge is -2.26. The van der Waals surface area contributed by atoms with Crippen LogP contribution in [0.1, 0.15) is 24.2 Å². The molecule has 0 bridgehead atoms. The zero-order valence-electron chi connectivity index (χ0n) is 16.7. The maximum atomic E-state index is 12.7. The molecule has 0 atom stereocenters. The van der Waals surface area contributed by atoms with E-state index in [-0.39, 0.29) is 23.3 Å². The number of carbonyl (C=O) groups excluding carboxylic acids is 2. The molecule has 28 heavy (non-hydrogen) atoms. The summed E-state index contributed by atoms with van der Waals surface area (Å²) in [6, 6.07) is 12.1. The van der Waals surface area contributed by atoms with Crippen molar-refractivity contribution < 1.29 is 28.5 Å². The Morgan fingerprint density at radius 2 is 1.46 bits per heavy atom. The second-order valence-corrected chi connectivity index (χ2v) is 6.18. The van der Waals surface area contributed by atoms with Gasteiger partial charge in [-0.3, -0.25) is 4.79 Å². The first-order valence-corrected chi connectivity index (χ1v) is 8.77. The summed E-state index contributed by atoms with van der Waals surface area (Å²) in [5.41, 5.74) is 0.881. The van der Waals surface area contributed by atoms with E-state index in [0.717, 1.165) is 5.69 Å². The second kappa shape index (κ2) is 9.64. The number of methoxy groups -OCH3 is 3. The van der Waals surface area contributed by atoms with Gasteiger partial charge in [0.25, 0.3) is 5.91 Å². The highest BCUT2D eigenvalue weighted by atomic mass is 16.5. The zero-order valence-corrected chi connectivity index (χ0v) is 16.7. The van der Waals surface area contributed by atoms with E-state index in [1.54, 1.807) is 4.90 Å². The number of hydrogen-bond donors (Lipinski definition) is 0. The summed E-state index contributed by atoms with van der Waals surface area (Å²) in [5, 5.41) is 0. The van der Waals surface area contributed by atoms with Gasteiger partial charge in [0.15, 0.2) is 18.1 Å². The monoisotopic (exact) mass is 387 g/mol. The van der Waals surface area contributed by atoms with Gasteiger partial charge in [-0.05, 0) is 26.0 Å². The lowest BCUT2D eigenvalue weighted by Crippen LogP contribution is -2.39. The minimum Gasteiger partial charge on any atom is -0.496 e. The topological polar surface area (TPSA) is 74.3 Å². The number of rotatable bonds is 8. The Morgan fingerprint density at radius 3 is 2.00 bits per heavy atom. The number of esters is 1. The van der Waals surface area contributed by atoms with Gasteiger partial charge in [-0.2, -0.15) is 0 Å². The first-order chi connectivity index (χ1) is 13.4. The van der Waals surface area contributed by atoms with Gasteiger partial charge in [-0.15, -0.1) is 0 Å². The SMILES string of the molecule is COc1cc(OC)c(C(=O)OCC(=O)N(c2ccccc2)C(C)C)cc1OC. The summed E-state index contributed by atoms with van der Waals surface area (Å²) in [7, 11) is 4.38. The lowest BCUT2D eigenvalue weighted by molar-refractivity contribution is -0.122. The molecule has 0 aliphatic carbocycles. The fourth-order valence-corrected chi connectivity index (χ4v) is 2.78. The molecule has 0 spiro atoms. The Hall–Kier alpha value is -3.22. The van der Waals surface area contributed by atoms with Gasteiger partial charge < -0.3 is 23.8 Å². The Morgan fingerprint density at radius 1 is 0.893 bits per heavy atom. The van der Waals surface area contributed by atoms with Crippen LogP contribution in [0.5, 0.6) is 17.2 Å². The molecular weight excluding hydrogens is 362 g/mol. The van der Waals surface area contributed by atoms with Crippen molar-refractivity contribution in [3.05, 3.63) is 48.0 Å². The third-order valence-corrected chi connectivity index (χ3v) is 4.07. The fourth-order valence-electron chi connectivity index (χ4n) is 2.78.